The summed E-state index contributed by atoms with van der Waals surface area (Å²) in [4.78, 5) is 15.1. The molecule has 0 spiro atoms. The number of aryl methyl sites for hydroxylation is 1. The molecule has 2 aromatic carbocycles. The van der Waals surface area contributed by atoms with E-state index in [1.165, 1.54) is 25.1 Å². The van der Waals surface area contributed by atoms with Crippen LogP contribution in [0.5, 0.6) is 5.75 Å². The lowest BCUT2D eigenvalue weighted by atomic mass is 10.0. The lowest BCUT2D eigenvalue weighted by Gasteiger charge is -2.20. The van der Waals surface area contributed by atoms with Crippen LogP contribution in [-0.4, -0.2) is 11.3 Å². The number of anilines is 1. The van der Waals surface area contributed by atoms with Crippen molar-refractivity contribution in [3.8, 4) is 16.9 Å². The van der Waals surface area contributed by atoms with Crippen LogP contribution in [0.1, 0.15) is 40.1 Å². The summed E-state index contributed by atoms with van der Waals surface area (Å²) in [5.41, 5.74) is 7.97. The SMILES string of the molecule is Cc1cc(-c2cnc(N)c(OC(C)c3ccccc3C(F)(F)F)c2)ccc1C=O. The number of nitrogens with zero attached hydrogens (tertiary/aromatic N) is 1. The van der Waals surface area contributed by atoms with Crippen LogP contribution in [0, 0.1) is 6.92 Å². The van der Waals surface area contributed by atoms with Crippen molar-refractivity contribution in [3.05, 3.63) is 77.0 Å². The normalized spacial score (nSPS) is 12.4. The van der Waals surface area contributed by atoms with E-state index in [0.717, 1.165) is 23.5 Å². The number of ether oxygens (including phenoxy) is 1. The van der Waals surface area contributed by atoms with Crippen molar-refractivity contribution < 1.29 is 22.7 Å². The fourth-order valence-electron chi connectivity index (χ4n) is 3.06. The standard InChI is InChI=1S/C22H19F3N2O2/c1-13-9-15(7-8-16(13)12-28)17-10-20(21(26)27-11-17)29-14(2)18-5-3-4-6-19(18)22(23,24)25/h3-12,14H,1-2H3,(H2,26,27). The summed E-state index contributed by atoms with van der Waals surface area (Å²) in [6.45, 7) is 3.34. The smallest absolute Gasteiger partial charge is 0.416 e. The fourth-order valence-corrected chi connectivity index (χ4v) is 3.06. The average Bonchev–Trinajstić information content (AvgIpc) is 2.69. The zero-order valence-electron chi connectivity index (χ0n) is 15.8. The van der Waals surface area contributed by atoms with Crippen molar-refractivity contribution in [3.63, 3.8) is 0 Å². The first-order chi connectivity index (χ1) is 13.7. The van der Waals surface area contributed by atoms with Gasteiger partial charge in [-0.2, -0.15) is 13.2 Å². The number of halogens is 3. The first-order valence-electron chi connectivity index (χ1n) is 8.85. The minimum Gasteiger partial charge on any atom is -0.482 e. The molecule has 0 bridgehead atoms. The van der Waals surface area contributed by atoms with Gasteiger partial charge < -0.3 is 10.5 Å². The Labute approximate surface area is 166 Å². The van der Waals surface area contributed by atoms with Gasteiger partial charge in [-0.15, -0.1) is 0 Å². The molecule has 150 valence electrons. The van der Waals surface area contributed by atoms with E-state index in [9.17, 15) is 18.0 Å². The van der Waals surface area contributed by atoms with E-state index in [0.29, 0.717) is 11.1 Å². The lowest BCUT2D eigenvalue weighted by Crippen LogP contribution is -2.14. The van der Waals surface area contributed by atoms with Crippen LogP contribution < -0.4 is 10.5 Å². The van der Waals surface area contributed by atoms with E-state index >= 15 is 0 Å². The zero-order valence-corrected chi connectivity index (χ0v) is 15.8. The van der Waals surface area contributed by atoms with E-state index in [2.05, 4.69) is 4.98 Å². The van der Waals surface area contributed by atoms with E-state index in [-0.39, 0.29) is 17.1 Å². The molecule has 29 heavy (non-hydrogen) atoms. The molecule has 7 heteroatoms. The van der Waals surface area contributed by atoms with Gasteiger partial charge in [0.2, 0.25) is 0 Å². The Hall–Kier alpha value is -3.35. The molecule has 0 aliphatic carbocycles. The van der Waals surface area contributed by atoms with Gasteiger partial charge in [0.15, 0.2) is 11.6 Å². The van der Waals surface area contributed by atoms with E-state index in [1.54, 1.807) is 24.4 Å². The molecule has 4 nitrogen and oxygen atoms in total. The van der Waals surface area contributed by atoms with Crippen LogP contribution in [-0.2, 0) is 6.18 Å². The maximum absolute atomic E-state index is 13.3. The highest BCUT2D eigenvalue weighted by Crippen LogP contribution is 2.37. The molecule has 1 aromatic heterocycles. The molecule has 0 fully saturated rings. The van der Waals surface area contributed by atoms with Crippen LogP contribution >= 0.6 is 0 Å². The largest absolute Gasteiger partial charge is 0.482 e. The minimum absolute atomic E-state index is 0.0102. The monoisotopic (exact) mass is 400 g/mol. The Kier molecular flexibility index (Phi) is 5.59. The molecule has 0 radical (unpaired) electrons. The number of alkyl halides is 3. The Bertz CT molecular complexity index is 1050. The van der Waals surface area contributed by atoms with Gasteiger partial charge in [-0.1, -0.05) is 36.4 Å². The van der Waals surface area contributed by atoms with Gasteiger partial charge in [0.05, 0.1) is 5.56 Å². The van der Waals surface area contributed by atoms with Crippen molar-refractivity contribution in [2.75, 3.05) is 5.73 Å². The highest BCUT2D eigenvalue weighted by molar-refractivity contribution is 5.79. The second kappa shape index (κ2) is 7.95. The van der Waals surface area contributed by atoms with E-state index in [4.69, 9.17) is 10.5 Å². The quantitative estimate of drug-likeness (QED) is 0.566. The van der Waals surface area contributed by atoms with Gasteiger partial charge >= 0.3 is 6.18 Å². The van der Waals surface area contributed by atoms with Crippen LogP contribution in [0.15, 0.2) is 54.7 Å². The zero-order chi connectivity index (χ0) is 21.2. The van der Waals surface area contributed by atoms with Gasteiger partial charge in [0.25, 0.3) is 0 Å². The summed E-state index contributed by atoms with van der Waals surface area (Å²) in [6, 6.07) is 12.2. The van der Waals surface area contributed by atoms with E-state index in [1.807, 2.05) is 13.0 Å². The Morgan fingerprint density at radius 1 is 1.10 bits per heavy atom. The van der Waals surface area contributed by atoms with Crippen molar-refractivity contribution in [2.24, 2.45) is 0 Å². The summed E-state index contributed by atoms with van der Waals surface area (Å²) >= 11 is 0. The molecular weight excluding hydrogens is 381 g/mol. The van der Waals surface area contributed by atoms with Gasteiger partial charge in [0.1, 0.15) is 12.4 Å². The number of carbonyl (C=O) groups is 1. The third kappa shape index (κ3) is 4.39. The topological polar surface area (TPSA) is 65.2 Å². The molecule has 2 N–H and O–H groups in total. The number of nitrogen functional groups attached to an aromatic ring is 1. The number of carbonyl (C=O) groups excluding carboxylic acids is 1. The summed E-state index contributed by atoms with van der Waals surface area (Å²) in [6.07, 6.45) is -3.07. The molecule has 0 saturated heterocycles. The first kappa shape index (κ1) is 20.4. The van der Waals surface area contributed by atoms with E-state index < -0.39 is 17.8 Å². The second-order valence-corrected chi connectivity index (χ2v) is 6.64. The number of aldehydes is 1. The van der Waals surface area contributed by atoms with Crippen LogP contribution in [0.4, 0.5) is 19.0 Å². The van der Waals surface area contributed by atoms with Crippen molar-refractivity contribution in [2.45, 2.75) is 26.1 Å². The second-order valence-electron chi connectivity index (χ2n) is 6.64. The first-order valence-corrected chi connectivity index (χ1v) is 8.85. The predicted molar refractivity (Wildman–Crippen MR) is 105 cm³/mol. The Morgan fingerprint density at radius 3 is 2.48 bits per heavy atom. The number of hydrogen-bond acceptors (Lipinski definition) is 4. The molecule has 0 saturated carbocycles. The minimum atomic E-state index is -4.49. The molecule has 3 rings (SSSR count). The van der Waals surface area contributed by atoms with Gasteiger partial charge in [-0.25, -0.2) is 4.98 Å². The Morgan fingerprint density at radius 2 is 1.83 bits per heavy atom. The average molecular weight is 400 g/mol. The molecule has 1 unspecified atom stereocenters. The highest BCUT2D eigenvalue weighted by Gasteiger charge is 2.34. The third-order valence-electron chi connectivity index (χ3n) is 4.62. The predicted octanol–water partition coefficient (Wildman–Crippen LogP) is 5.61. The molecule has 0 aliphatic rings. The summed E-state index contributed by atoms with van der Waals surface area (Å²) in [5, 5.41) is 0. The summed E-state index contributed by atoms with van der Waals surface area (Å²) in [5.74, 6) is 0.260. The number of benzene rings is 2. The fraction of sp³-hybridized carbons (Fsp3) is 0.182. The highest BCUT2D eigenvalue weighted by atomic mass is 19.4. The van der Waals surface area contributed by atoms with Crippen molar-refractivity contribution in [1.29, 1.82) is 0 Å². The molecule has 1 atom stereocenters. The maximum atomic E-state index is 13.3. The van der Waals surface area contributed by atoms with Gasteiger partial charge in [-0.05, 0) is 37.1 Å². The van der Waals surface area contributed by atoms with Crippen molar-refractivity contribution in [1.82, 2.24) is 4.98 Å². The molecule has 3 aromatic rings. The van der Waals surface area contributed by atoms with Crippen LogP contribution in [0.25, 0.3) is 11.1 Å². The number of rotatable bonds is 5. The molecule has 0 amide bonds. The number of pyridine rings is 1. The van der Waals surface area contributed by atoms with Crippen LogP contribution in [0.3, 0.4) is 0 Å². The number of aromatic nitrogens is 1. The molecule has 0 aliphatic heterocycles. The Balaban J connectivity index is 1.94. The molecular formula is C22H19F3N2O2. The number of nitrogens with two attached hydrogens (primary N) is 1. The summed E-state index contributed by atoms with van der Waals surface area (Å²) in [7, 11) is 0. The third-order valence-corrected chi connectivity index (χ3v) is 4.62. The molecule has 1 heterocycles. The van der Waals surface area contributed by atoms with Crippen LogP contribution in [0.2, 0.25) is 0 Å². The maximum Gasteiger partial charge on any atom is 0.416 e. The summed E-state index contributed by atoms with van der Waals surface area (Å²) < 4.78 is 45.6. The van der Waals surface area contributed by atoms with Gasteiger partial charge in [0, 0.05) is 22.9 Å². The number of hydrogen-bond donors (Lipinski definition) is 1. The van der Waals surface area contributed by atoms with Gasteiger partial charge in [-0.3, -0.25) is 4.79 Å². The van der Waals surface area contributed by atoms with Crippen molar-refractivity contribution >= 4 is 12.1 Å². The lowest BCUT2D eigenvalue weighted by molar-refractivity contribution is -0.138.